The second-order valence-electron chi connectivity index (χ2n) is 4.81. The number of nitro groups is 1. The Morgan fingerprint density at radius 1 is 1.17 bits per heavy atom. The smallest absolute Gasteiger partial charge is 0.268 e. The third kappa shape index (κ3) is 3.06. The number of thioether (sulfide) groups is 1. The van der Waals surface area contributed by atoms with Crippen molar-refractivity contribution in [1.82, 2.24) is 0 Å². The maximum atomic E-state index is 13.0. The molecule has 0 unspecified atom stereocenters. The summed E-state index contributed by atoms with van der Waals surface area (Å²) in [5, 5.41) is 11.1. The van der Waals surface area contributed by atoms with Crippen molar-refractivity contribution < 1.29 is 14.1 Å². The first-order chi connectivity index (χ1) is 11.5. The second-order valence-corrected chi connectivity index (χ2v) is 6.49. The zero-order valence-corrected chi connectivity index (χ0v) is 13.6. The van der Waals surface area contributed by atoms with Crippen LogP contribution in [0.4, 0.5) is 15.8 Å². The molecule has 5 nitrogen and oxygen atoms in total. The number of halogens is 1. The average molecular weight is 360 g/mol. The molecule has 1 saturated heterocycles. The van der Waals surface area contributed by atoms with Crippen molar-refractivity contribution in [3.8, 4) is 0 Å². The van der Waals surface area contributed by atoms with Crippen LogP contribution in [0, 0.1) is 15.9 Å². The fourth-order valence-corrected chi connectivity index (χ4v) is 3.49. The van der Waals surface area contributed by atoms with E-state index in [1.165, 1.54) is 41.3 Å². The molecule has 8 heteroatoms. The van der Waals surface area contributed by atoms with Crippen LogP contribution in [0.3, 0.4) is 0 Å². The average Bonchev–Trinajstić information content (AvgIpc) is 2.83. The number of rotatable bonds is 3. The van der Waals surface area contributed by atoms with Crippen LogP contribution in [0.5, 0.6) is 0 Å². The van der Waals surface area contributed by atoms with Crippen LogP contribution < -0.4 is 4.90 Å². The van der Waals surface area contributed by atoms with E-state index in [0.29, 0.717) is 11.3 Å². The zero-order chi connectivity index (χ0) is 17.3. The molecule has 0 aliphatic carbocycles. The van der Waals surface area contributed by atoms with E-state index in [1.807, 2.05) is 0 Å². The van der Waals surface area contributed by atoms with E-state index in [9.17, 15) is 19.3 Å². The number of para-hydroxylation sites is 1. The second kappa shape index (κ2) is 6.50. The van der Waals surface area contributed by atoms with Gasteiger partial charge in [0.1, 0.15) is 5.82 Å². The lowest BCUT2D eigenvalue weighted by atomic mass is 10.1. The highest BCUT2D eigenvalue weighted by Gasteiger charge is 2.33. The van der Waals surface area contributed by atoms with E-state index in [0.717, 1.165) is 11.8 Å². The largest absolute Gasteiger partial charge is 0.276 e. The highest BCUT2D eigenvalue weighted by atomic mass is 32.2. The molecular weight excluding hydrogens is 351 g/mol. The van der Waals surface area contributed by atoms with Crippen molar-refractivity contribution >= 4 is 51.7 Å². The third-order valence-corrected chi connectivity index (χ3v) is 4.60. The van der Waals surface area contributed by atoms with Crippen molar-refractivity contribution in [2.45, 2.75) is 0 Å². The Bertz CT molecular complexity index is 881. The lowest BCUT2D eigenvalue weighted by Crippen LogP contribution is -2.27. The molecule has 2 aromatic carbocycles. The van der Waals surface area contributed by atoms with E-state index >= 15 is 0 Å². The van der Waals surface area contributed by atoms with Crippen molar-refractivity contribution in [3.05, 3.63) is 74.9 Å². The molecular formula is C16H9FN2O3S2. The fourth-order valence-electron chi connectivity index (χ4n) is 2.20. The minimum Gasteiger partial charge on any atom is -0.268 e. The summed E-state index contributed by atoms with van der Waals surface area (Å²) in [6.07, 6.45) is 1.45. The monoisotopic (exact) mass is 360 g/mol. The van der Waals surface area contributed by atoms with E-state index in [2.05, 4.69) is 0 Å². The number of nitro benzene ring substituents is 1. The first-order valence-corrected chi connectivity index (χ1v) is 7.97. The molecule has 1 aliphatic rings. The van der Waals surface area contributed by atoms with Crippen LogP contribution in [0.15, 0.2) is 53.4 Å². The molecule has 1 amide bonds. The highest BCUT2D eigenvalue weighted by Crippen LogP contribution is 2.37. The Morgan fingerprint density at radius 3 is 2.50 bits per heavy atom. The maximum absolute atomic E-state index is 13.0. The number of carbonyl (C=O) groups excluding carboxylic acids is 1. The molecule has 1 fully saturated rings. The summed E-state index contributed by atoms with van der Waals surface area (Å²) in [5.41, 5.74) is 0.677. The van der Waals surface area contributed by atoms with Gasteiger partial charge in [-0.15, -0.1) is 0 Å². The Labute approximate surface area is 145 Å². The fraction of sp³-hybridized carbons (Fsp3) is 0. The summed E-state index contributed by atoms with van der Waals surface area (Å²) in [5.74, 6) is -0.811. The minimum atomic E-state index is -0.507. The van der Waals surface area contributed by atoms with Gasteiger partial charge in [0.2, 0.25) is 0 Å². The zero-order valence-electron chi connectivity index (χ0n) is 12.0. The lowest BCUT2D eigenvalue weighted by Gasteiger charge is -2.14. The molecule has 24 heavy (non-hydrogen) atoms. The van der Waals surface area contributed by atoms with Gasteiger partial charge in [-0.2, -0.15) is 0 Å². The number of thiocarbonyl (C=S) groups is 1. The molecule has 3 rings (SSSR count). The molecule has 0 N–H and O–H groups in total. The van der Waals surface area contributed by atoms with Crippen LogP contribution in [0.1, 0.15) is 5.56 Å². The molecule has 1 heterocycles. The van der Waals surface area contributed by atoms with Crippen LogP contribution in [0.2, 0.25) is 0 Å². The number of hydrogen-bond acceptors (Lipinski definition) is 5. The van der Waals surface area contributed by atoms with E-state index in [4.69, 9.17) is 12.2 Å². The molecule has 0 saturated carbocycles. The number of anilines is 1. The molecule has 0 spiro atoms. The molecule has 0 aromatic heterocycles. The predicted octanol–water partition coefficient (Wildman–Crippen LogP) is 4.14. The Hall–Kier alpha value is -2.58. The summed E-state index contributed by atoms with van der Waals surface area (Å²) in [6, 6.07) is 11.5. The quantitative estimate of drug-likeness (QED) is 0.356. The predicted molar refractivity (Wildman–Crippen MR) is 95.1 cm³/mol. The van der Waals surface area contributed by atoms with E-state index in [1.54, 1.807) is 18.2 Å². The van der Waals surface area contributed by atoms with Gasteiger partial charge < -0.3 is 0 Å². The number of hydrogen-bond donors (Lipinski definition) is 0. The van der Waals surface area contributed by atoms with Gasteiger partial charge >= 0.3 is 0 Å². The number of carbonyl (C=O) groups is 1. The minimum absolute atomic E-state index is 0.0930. The first-order valence-electron chi connectivity index (χ1n) is 6.74. The van der Waals surface area contributed by atoms with E-state index in [-0.39, 0.29) is 14.9 Å². The maximum Gasteiger partial charge on any atom is 0.276 e. The van der Waals surface area contributed by atoms with Crippen molar-refractivity contribution in [3.63, 3.8) is 0 Å². The molecule has 0 bridgehead atoms. The SMILES string of the molecule is O=C1/C(=C/c2ccccc2[N+](=O)[O-])SC(=S)N1c1ccc(F)cc1. The molecule has 2 aromatic rings. The van der Waals surface area contributed by atoms with Gasteiger partial charge in [-0.1, -0.05) is 36.1 Å². The van der Waals surface area contributed by atoms with Gasteiger partial charge in [0.15, 0.2) is 4.32 Å². The van der Waals surface area contributed by atoms with Gasteiger partial charge in [-0.25, -0.2) is 4.39 Å². The topological polar surface area (TPSA) is 63.4 Å². The Balaban J connectivity index is 1.97. The summed E-state index contributed by atoms with van der Waals surface area (Å²) >= 11 is 6.26. The summed E-state index contributed by atoms with van der Waals surface area (Å²) < 4.78 is 13.3. The summed E-state index contributed by atoms with van der Waals surface area (Å²) in [7, 11) is 0. The lowest BCUT2D eigenvalue weighted by molar-refractivity contribution is -0.385. The van der Waals surface area contributed by atoms with Crippen LogP contribution in [-0.2, 0) is 4.79 Å². The van der Waals surface area contributed by atoms with Crippen LogP contribution in [-0.4, -0.2) is 15.2 Å². The van der Waals surface area contributed by atoms with Crippen LogP contribution >= 0.6 is 24.0 Å². The van der Waals surface area contributed by atoms with Gasteiger partial charge in [0.25, 0.3) is 11.6 Å². The normalized spacial score (nSPS) is 16.0. The molecule has 0 atom stereocenters. The van der Waals surface area contributed by atoms with Gasteiger partial charge in [0.05, 0.1) is 21.1 Å². The number of benzene rings is 2. The Kier molecular flexibility index (Phi) is 4.41. The van der Waals surface area contributed by atoms with Crippen molar-refractivity contribution in [1.29, 1.82) is 0 Å². The number of amides is 1. The van der Waals surface area contributed by atoms with Gasteiger partial charge in [-0.05, 0) is 36.4 Å². The first kappa shape index (κ1) is 16.3. The highest BCUT2D eigenvalue weighted by molar-refractivity contribution is 8.27. The van der Waals surface area contributed by atoms with Crippen molar-refractivity contribution in [2.75, 3.05) is 4.90 Å². The molecule has 1 aliphatic heterocycles. The summed E-state index contributed by atoms with van der Waals surface area (Å²) in [4.78, 5) is 24.7. The van der Waals surface area contributed by atoms with Crippen molar-refractivity contribution in [2.24, 2.45) is 0 Å². The molecule has 120 valence electrons. The van der Waals surface area contributed by atoms with Crippen LogP contribution in [0.25, 0.3) is 6.08 Å². The van der Waals surface area contributed by atoms with Gasteiger partial charge in [0, 0.05) is 6.07 Å². The standard InChI is InChI=1S/C16H9FN2O3S2/c17-11-5-7-12(8-6-11)18-15(20)14(24-16(18)23)9-10-3-1-2-4-13(10)19(21)22/h1-9H/b14-9-. The third-order valence-electron chi connectivity index (χ3n) is 3.30. The Morgan fingerprint density at radius 2 is 1.83 bits per heavy atom. The van der Waals surface area contributed by atoms with Gasteiger partial charge in [-0.3, -0.25) is 19.8 Å². The molecule has 0 radical (unpaired) electrons. The summed E-state index contributed by atoms with van der Waals surface area (Å²) in [6.45, 7) is 0. The van der Waals surface area contributed by atoms with E-state index < -0.39 is 16.6 Å². The number of nitrogens with zero attached hydrogens (tertiary/aromatic N) is 2.